The lowest BCUT2D eigenvalue weighted by molar-refractivity contribution is 0.263. The maximum Gasteiger partial charge on any atom is 0.248 e. The molecule has 2 aromatic carbocycles. The normalized spacial score (nSPS) is 15.5. The zero-order valence-electron chi connectivity index (χ0n) is 16.4. The molecule has 0 aliphatic carbocycles. The Labute approximate surface area is 166 Å². The highest BCUT2D eigenvalue weighted by Gasteiger charge is 2.16. The first-order valence-corrected chi connectivity index (χ1v) is 10.0. The molecule has 1 saturated heterocycles. The van der Waals surface area contributed by atoms with Crippen LogP contribution in [0, 0.1) is 6.92 Å². The Morgan fingerprint density at radius 2 is 1.86 bits per heavy atom. The van der Waals surface area contributed by atoms with Crippen molar-refractivity contribution in [2.24, 2.45) is 0 Å². The average molecular weight is 374 g/mol. The van der Waals surface area contributed by atoms with E-state index in [0.717, 1.165) is 50.0 Å². The summed E-state index contributed by atoms with van der Waals surface area (Å²) in [4.78, 5) is 19.3. The number of benzene rings is 2. The van der Waals surface area contributed by atoms with Gasteiger partial charge in [-0.15, -0.1) is 0 Å². The van der Waals surface area contributed by atoms with Crippen molar-refractivity contribution in [2.75, 3.05) is 37.6 Å². The van der Waals surface area contributed by atoms with E-state index in [4.69, 9.17) is 0 Å². The Morgan fingerprint density at radius 1 is 1.00 bits per heavy atom. The molecule has 0 unspecified atom stereocenters. The summed E-state index contributed by atoms with van der Waals surface area (Å²) in [5.41, 5.74) is 4.67. The molecule has 1 N–H and O–H groups in total. The maximum atomic E-state index is 11.4. The van der Waals surface area contributed by atoms with Crippen molar-refractivity contribution >= 4 is 22.7 Å². The number of hydrogen-bond donors (Lipinski definition) is 1. The first kappa shape index (κ1) is 18.5. The van der Waals surface area contributed by atoms with Crippen LogP contribution < -0.4 is 10.5 Å². The quantitative estimate of drug-likeness (QED) is 0.733. The number of fused-ring (bicyclic) bond motifs is 1. The van der Waals surface area contributed by atoms with Crippen LogP contribution in [0.2, 0.25) is 0 Å². The summed E-state index contributed by atoms with van der Waals surface area (Å²) in [6, 6.07) is 18.4. The molecule has 1 aliphatic rings. The zero-order valence-corrected chi connectivity index (χ0v) is 16.4. The molecule has 0 bridgehead atoms. The van der Waals surface area contributed by atoms with Gasteiger partial charge in [0.2, 0.25) is 5.56 Å². The van der Waals surface area contributed by atoms with E-state index in [2.05, 4.69) is 70.3 Å². The highest BCUT2D eigenvalue weighted by atomic mass is 16.1. The van der Waals surface area contributed by atoms with Gasteiger partial charge in [-0.25, -0.2) is 0 Å². The summed E-state index contributed by atoms with van der Waals surface area (Å²) in [5, 5.41) is 1.06. The van der Waals surface area contributed by atoms with Gasteiger partial charge >= 0.3 is 0 Å². The van der Waals surface area contributed by atoms with E-state index in [1.54, 1.807) is 6.07 Å². The van der Waals surface area contributed by atoms with Crippen molar-refractivity contribution in [3.8, 4) is 0 Å². The van der Waals surface area contributed by atoms with Crippen molar-refractivity contribution in [3.63, 3.8) is 0 Å². The minimum atomic E-state index is -0.0571. The van der Waals surface area contributed by atoms with Gasteiger partial charge in [0, 0.05) is 50.0 Å². The van der Waals surface area contributed by atoms with Gasteiger partial charge in [0.15, 0.2) is 0 Å². The molecule has 0 radical (unpaired) electrons. The predicted octanol–water partition coefficient (Wildman–Crippen LogP) is 4.06. The molecule has 0 saturated carbocycles. The van der Waals surface area contributed by atoms with Crippen molar-refractivity contribution in [2.45, 2.75) is 13.3 Å². The molecule has 1 aromatic heterocycles. The highest BCUT2D eigenvalue weighted by Crippen LogP contribution is 2.18. The number of H-pyrrole nitrogens is 1. The highest BCUT2D eigenvalue weighted by molar-refractivity contribution is 5.80. The monoisotopic (exact) mass is 373 g/mol. The van der Waals surface area contributed by atoms with Gasteiger partial charge in [-0.1, -0.05) is 30.4 Å². The third kappa shape index (κ3) is 4.52. The minimum Gasteiger partial charge on any atom is -0.369 e. The number of nitrogens with zero attached hydrogens (tertiary/aromatic N) is 2. The Balaban J connectivity index is 1.26. The zero-order chi connectivity index (χ0) is 19.3. The molecule has 2 heterocycles. The Bertz CT molecular complexity index is 1030. The number of rotatable bonds is 5. The fourth-order valence-corrected chi connectivity index (χ4v) is 3.81. The van der Waals surface area contributed by atoms with Crippen LogP contribution in [0.1, 0.15) is 17.5 Å². The summed E-state index contributed by atoms with van der Waals surface area (Å²) >= 11 is 0. The van der Waals surface area contributed by atoms with Crippen LogP contribution in [0.4, 0.5) is 5.69 Å². The van der Waals surface area contributed by atoms with Crippen LogP contribution >= 0.6 is 0 Å². The summed E-state index contributed by atoms with van der Waals surface area (Å²) in [6.45, 7) is 7.67. The van der Waals surface area contributed by atoms with Crippen LogP contribution in [-0.4, -0.2) is 42.6 Å². The second kappa shape index (κ2) is 8.44. The molecular formula is C24H27N3O. The Kier molecular flexibility index (Phi) is 5.58. The number of anilines is 1. The molecule has 0 atom stereocenters. The Hall–Kier alpha value is -2.85. The number of piperazine rings is 1. The molecule has 144 valence electrons. The van der Waals surface area contributed by atoms with Gasteiger partial charge in [0.25, 0.3) is 0 Å². The fraction of sp³-hybridized carbons (Fsp3) is 0.292. The van der Waals surface area contributed by atoms with E-state index >= 15 is 0 Å². The summed E-state index contributed by atoms with van der Waals surface area (Å²) < 4.78 is 0. The number of pyridine rings is 1. The molecule has 0 spiro atoms. The van der Waals surface area contributed by atoms with E-state index in [9.17, 15) is 4.79 Å². The van der Waals surface area contributed by atoms with Gasteiger partial charge in [-0.2, -0.15) is 0 Å². The molecule has 4 nitrogen and oxygen atoms in total. The van der Waals surface area contributed by atoms with Crippen LogP contribution in [0.3, 0.4) is 0 Å². The molecule has 4 heteroatoms. The van der Waals surface area contributed by atoms with Gasteiger partial charge < -0.3 is 9.88 Å². The molecule has 1 aliphatic heterocycles. The maximum absolute atomic E-state index is 11.4. The summed E-state index contributed by atoms with van der Waals surface area (Å²) in [5.74, 6) is 0. The number of aromatic amines is 1. The van der Waals surface area contributed by atoms with Crippen molar-refractivity contribution < 1.29 is 0 Å². The topological polar surface area (TPSA) is 39.3 Å². The van der Waals surface area contributed by atoms with E-state index in [0.29, 0.717) is 0 Å². The molecule has 1 fully saturated rings. The summed E-state index contributed by atoms with van der Waals surface area (Å²) in [6.07, 6.45) is 5.47. The van der Waals surface area contributed by atoms with Crippen LogP contribution in [-0.2, 0) is 0 Å². The third-order valence-corrected chi connectivity index (χ3v) is 5.41. The van der Waals surface area contributed by atoms with Crippen molar-refractivity contribution in [1.82, 2.24) is 9.88 Å². The lowest BCUT2D eigenvalue weighted by atomic mass is 10.1. The van der Waals surface area contributed by atoms with Gasteiger partial charge in [0.1, 0.15) is 0 Å². The average Bonchev–Trinajstić information content (AvgIpc) is 2.72. The van der Waals surface area contributed by atoms with Gasteiger partial charge in [-0.3, -0.25) is 9.69 Å². The molecule has 28 heavy (non-hydrogen) atoms. The fourth-order valence-electron chi connectivity index (χ4n) is 3.81. The number of nitrogens with one attached hydrogen (secondary N) is 1. The Morgan fingerprint density at radius 3 is 2.68 bits per heavy atom. The smallest absolute Gasteiger partial charge is 0.248 e. The van der Waals surface area contributed by atoms with E-state index in [1.807, 2.05) is 12.1 Å². The third-order valence-electron chi connectivity index (χ3n) is 5.41. The van der Waals surface area contributed by atoms with E-state index < -0.39 is 0 Å². The van der Waals surface area contributed by atoms with E-state index in [1.165, 1.54) is 16.8 Å². The second-order valence-corrected chi connectivity index (χ2v) is 7.53. The largest absolute Gasteiger partial charge is 0.369 e. The number of aryl methyl sites for hydroxylation is 1. The minimum absolute atomic E-state index is 0.0571. The van der Waals surface area contributed by atoms with E-state index in [-0.39, 0.29) is 5.56 Å². The molecule has 4 rings (SSSR count). The molecule has 3 aromatic rings. The summed E-state index contributed by atoms with van der Waals surface area (Å²) in [7, 11) is 0. The molecular weight excluding hydrogens is 346 g/mol. The second-order valence-electron chi connectivity index (χ2n) is 7.53. The number of aromatic nitrogens is 1. The first-order chi connectivity index (χ1) is 13.7. The van der Waals surface area contributed by atoms with Crippen LogP contribution in [0.25, 0.3) is 17.0 Å². The van der Waals surface area contributed by atoms with Crippen LogP contribution in [0.15, 0.2) is 65.5 Å². The predicted molar refractivity (Wildman–Crippen MR) is 118 cm³/mol. The van der Waals surface area contributed by atoms with Crippen LogP contribution in [0.5, 0.6) is 0 Å². The lowest BCUT2D eigenvalue weighted by Gasteiger charge is -2.36. The van der Waals surface area contributed by atoms with Gasteiger partial charge in [-0.05, 0) is 60.2 Å². The first-order valence-electron chi connectivity index (χ1n) is 10.0. The lowest BCUT2D eigenvalue weighted by Crippen LogP contribution is -2.46. The SMILES string of the molecule is Cc1cccc(N2CCN(CCC=Cc3ccc4[nH]c(=O)ccc4c3)CC2)c1. The standard InChI is InChI=1S/C24H27N3O/c1-19-5-4-7-22(17-19)27-15-13-26(14-16-27)12-3-2-6-20-8-10-23-21(18-20)9-11-24(28)25-23/h2,4-11,17-18H,3,12-16H2,1H3,(H,25,28). The van der Waals surface area contributed by atoms with Gasteiger partial charge in [0.05, 0.1) is 0 Å². The number of hydrogen-bond acceptors (Lipinski definition) is 3. The van der Waals surface area contributed by atoms with Crippen molar-refractivity contribution in [3.05, 3.63) is 82.2 Å². The van der Waals surface area contributed by atoms with Crippen molar-refractivity contribution in [1.29, 1.82) is 0 Å². The molecule has 0 amide bonds.